The van der Waals surface area contributed by atoms with Gasteiger partial charge in [-0.1, -0.05) is 204 Å². The van der Waals surface area contributed by atoms with Gasteiger partial charge in [-0.05, 0) is 51.4 Å². The molecule has 0 spiro atoms. The highest BCUT2D eigenvalue weighted by molar-refractivity contribution is 5.70. The maximum Gasteiger partial charge on any atom is 0.306 e. The first-order valence-electron chi connectivity index (χ1n) is 26.1. The van der Waals surface area contributed by atoms with Crippen molar-refractivity contribution in [2.75, 3.05) is 47.5 Å². The van der Waals surface area contributed by atoms with Crippen LogP contribution in [0.2, 0.25) is 0 Å². The Hall–Kier alpha value is -2.49. The van der Waals surface area contributed by atoms with Crippen LogP contribution in [0.4, 0.5) is 0 Å². The number of carboxylic acids is 1. The number of quaternary nitrogens is 1. The van der Waals surface area contributed by atoms with Crippen LogP contribution in [0.1, 0.15) is 232 Å². The van der Waals surface area contributed by atoms with Crippen LogP contribution in [-0.2, 0) is 33.3 Å². The fraction of sp³-hybridized carbons (Fsp3) is 0.833. The van der Waals surface area contributed by atoms with Gasteiger partial charge in [0.1, 0.15) is 13.2 Å². The van der Waals surface area contributed by atoms with Crippen LogP contribution in [0, 0.1) is 0 Å². The van der Waals surface area contributed by atoms with Crippen molar-refractivity contribution in [2.24, 2.45) is 0 Å². The summed E-state index contributed by atoms with van der Waals surface area (Å²) in [5.41, 5.74) is 0. The molecule has 0 radical (unpaired) electrons. The molecular weight excluding hydrogens is 791 g/mol. The number of hydrogen-bond donors (Lipinski definition) is 0. The zero-order valence-electron chi connectivity index (χ0n) is 41.7. The smallest absolute Gasteiger partial charge is 0.306 e. The lowest BCUT2D eigenvalue weighted by molar-refractivity contribution is -0.870. The quantitative estimate of drug-likeness (QED) is 0.0195. The number of unbranched alkanes of at least 4 members (excludes halogenated alkanes) is 27. The lowest BCUT2D eigenvalue weighted by Crippen LogP contribution is -2.44. The summed E-state index contributed by atoms with van der Waals surface area (Å²) in [5, 5.41) is 11.7. The van der Waals surface area contributed by atoms with Crippen molar-refractivity contribution in [1.82, 2.24) is 0 Å². The highest BCUT2D eigenvalue weighted by Crippen LogP contribution is 2.15. The predicted molar refractivity (Wildman–Crippen MR) is 260 cm³/mol. The molecule has 0 aliphatic rings. The van der Waals surface area contributed by atoms with E-state index in [0.717, 1.165) is 57.8 Å². The second-order valence-electron chi connectivity index (χ2n) is 18.8. The van der Waals surface area contributed by atoms with Crippen LogP contribution in [0.5, 0.6) is 0 Å². The van der Waals surface area contributed by atoms with E-state index in [9.17, 15) is 19.5 Å². The molecule has 0 rings (SSSR count). The van der Waals surface area contributed by atoms with E-state index < -0.39 is 24.3 Å². The van der Waals surface area contributed by atoms with Crippen molar-refractivity contribution in [3.05, 3.63) is 36.5 Å². The molecule has 9 nitrogen and oxygen atoms in total. The number of rotatable bonds is 48. The van der Waals surface area contributed by atoms with E-state index in [4.69, 9.17) is 18.9 Å². The Labute approximate surface area is 388 Å². The van der Waals surface area contributed by atoms with Crippen molar-refractivity contribution >= 4 is 17.9 Å². The van der Waals surface area contributed by atoms with E-state index in [1.165, 1.54) is 141 Å². The lowest BCUT2D eigenvalue weighted by Gasteiger charge is -2.26. The highest BCUT2D eigenvalue weighted by atomic mass is 16.7. The van der Waals surface area contributed by atoms with Crippen LogP contribution in [-0.4, -0.2) is 82.3 Å². The third-order valence-electron chi connectivity index (χ3n) is 11.4. The summed E-state index contributed by atoms with van der Waals surface area (Å²) < 4.78 is 22.6. The SMILES string of the molecule is CCCCCCC/C=C\C/C=C\C/C=C\CCCCCCCCCCC(=O)OC(COC(=O)CCCCCCCCCCCCCCCCC)COC(OCC[N+](C)(C)C)C(=O)[O-]. The Bertz CT molecular complexity index is 1130. The van der Waals surface area contributed by atoms with Crippen LogP contribution in [0.15, 0.2) is 36.5 Å². The molecule has 0 fully saturated rings. The number of carbonyl (C=O) groups excluding carboxylic acids is 3. The number of nitrogens with zero attached hydrogens (tertiary/aromatic N) is 1. The molecular formula is C54H99NO8. The van der Waals surface area contributed by atoms with Gasteiger partial charge in [0.25, 0.3) is 0 Å². The molecule has 368 valence electrons. The number of likely N-dealkylation sites (N-methyl/N-ethyl adjacent to an activating group) is 1. The van der Waals surface area contributed by atoms with Gasteiger partial charge in [-0.25, -0.2) is 0 Å². The summed E-state index contributed by atoms with van der Waals surface area (Å²) in [6, 6.07) is 0. The van der Waals surface area contributed by atoms with Gasteiger partial charge in [0, 0.05) is 12.8 Å². The summed E-state index contributed by atoms with van der Waals surface area (Å²) in [6.45, 7) is 4.74. The van der Waals surface area contributed by atoms with Gasteiger partial charge in [-0.15, -0.1) is 0 Å². The predicted octanol–water partition coefficient (Wildman–Crippen LogP) is 13.2. The normalized spacial score (nSPS) is 13.1. The number of carboxylic acid groups (broad SMARTS) is 1. The molecule has 9 heteroatoms. The molecule has 0 aromatic rings. The molecule has 0 saturated carbocycles. The Morgan fingerprint density at radius 2 is 0.857 bits per heavy atom. The second kappa shape index (κ2) is 46.1. The molecule has 2 unspecified atom stereocenters. The van der Waals surface area contributed by atoms with Gasteiger partial charge >= 0.3 is 11.9 Å². The van der Waals surface area contributed by atoms with Crippen LogP contribution < -0.4 is 5.11 Å². The standard InChI is InChI=1S/C54H99NO8/c1-6-8-10-12-14-16-18-20-22-23-24-25-26-27-28-29-31-33-35-37-39-41-43-45-52(57)63-50(49-62-54(53(58)59)60-47-46-55(3,4)5)48-61-51(56)44-42-40-38-36-34-32-30-21-19-17-15-13-11-9-7-2/h18,20,23-24,26-27,50,54H,6-17,19,21-22,25,28-49H2,1-5H3/b20-18-,24-23-,27-26-. The average molecular weight is 890 g/mol. The van der Waals surface area contributed by atoms with E-state index in [1.807, 2.05) is 21.1 Å². The fourth-order valence-electron chi connectivity index (χ4n) is 7.31. The van der Waals surface area contributed by atoms with E-state index in [-0.39, 0.29) is 32.2 Å². The van der Waals surface area contributed by atoms with Crippen LogP contribution in [0.3, 0.4) is 0 Å². The Morgan fingerprint density at radius 3 is 1.27 bits per heavy atom. The molecule has 0 aliphatic heterocycles. The van der Waals surface area contributed by atoms with Gasteiger partial charge in [-0.3, -0.25) is 9.59 Å². The lowest BCUT2D eigenvalue weighted by atomic mass is 10.0. The molecule has 0 N–H and O–H groups in total. The molecule has 0 aliphatic carbocycles. The minimum absolute atomic E-state index is 0.147. The van der Waals surface area contributed by atoms with Crippen LogP contribution >= 0.6 is 0 Å². The van der Waals surface area contributed by atoms with Gasteiger partial charge in [0.05, 0.1) is 40.3 Å². The zero-order valence-corrected chi connectivity index (χ0v) is 41.7. The van der Waals surface area contributed by atoms with Gasteiger partial charge in [0.15, 0.2) is 12.4 Å². The summed E-state index contributed by atoms with van der Waals surface area (Å²) in [5.74, 6) is -2.28. The number of hydrogen-bond acceptors (Lipinski definition) is 8. The van der Waals surface area contributed by atoms with E-state index in [2.05, 4.69) is 50.3 Å². The minimum Gasteiger partial charge on any atom is -0.545 e. The minimum atomic E-state index is -1.62. The van der Waals surface area contributed by atoms with Gasteiger partial charge in [0.2, 0.25) is 0 Å². The van der Waals surface area contributed by atoms with Crippen molar-refractivity contribution in [1.29, 1.82) is 0 Å². The molecule has 0 amide bonds. The Kier molecular flexibility index (Phi) is 44.2. The first-order chi connectivity index (χ1) is 30.6. The number of carbonyl (C=O) groups is 3. The summed E-state index contributed by atoms with van der Waals surface area (Å²) in [4.78, 5) is 37.1. The van der Waals surface area contributed by atoms with Crippen molar-refractivity contribution < 1.29 is 42.9 Å². The zero-order chi connectivity index (χ0) is 46.3. The fourth-order valence-corrected chi connectivity index (χ4v) is 7.31. The Morgan fingerprint density at radius 1 is 0.476 bits per heavy atom. The summed E-state index contributed by atoms with van der Waals surface area (Å²) >= 11 is 0. The maximum atomic E-state index is 12.8. The number of ether oxygens (including phenoxy) is 4. The van der Waals surface area contributed by atoms with Gasteiger partial charge in [-0.2, -0.15) is 0 Å². The van der Waals surface area contributed by atoms with E-state index in [0.29, 0.717) is 23.9 Å². The van der Waals surface area contributed by atoms with Crippen molar-refractivity contribution in [2.45, 2.75) is 245 Å². The average Bonchev–Trinajstić information content (AvgIpc) is 3.24. The Balaban J connectivity index is 4.32. The molecule has 63 heavy (non-hydrogen) atoms. The number of aliphatic carboxylic acids is 1. The van der Waals surface area contributed by atoms with Crippen molar-refractivity contribution in [3.8, 4) is 0 Å². The van der Waals surface area contributed by atoms with Crippen LogP contribution in [0.25, 0.3) is 0 Å². The monoisotopic (exact) mass is 890 g/mol. The van der Waals surface area contributed by atoms with E-state index >= 15 is 0 Å². The summed E-state index contributed by atoms with van der Waals surface area (Å²) in [7, 11) is 5.92. The molecule has 0 bridgehead atoms. The number of esters is 2. The molecule has 2 atom stereocenters. The third-order valence-corrected chi connectivity index (χ3v) is 11.4. The summed E-state index contributed by atoms with van der Waals surface area (Å²) in [6.07, 6.45) is 50.3. The molecule has 0 heterocycles. The first kappa shape index (κ1) is 60.5. The number of allylic oxidation sites excluding steroid dienone is 6. The van der Waals surface area contributed by atoms with Gasteiger partial charge < -0.3 is 33.3 Å². The van der Waals surface area contributed by atoms with Crippen molar-refractivity contribution in [3.63, 3.8) is 0 Å². The first-order valence-corrected chi connectivity index (χ1v) is 26.1. The molecule has 0 aromatic heterocycles. The maximum absolute atomic E-state index is 12.8. The third kappa shape index (κ3) is 47.3. The second-order valence-corrected chi connectivity index (χ2v) is 18.8. The van der Waals surface area contributed by atoms with E-state index in [1.54, 1.807) is 0 Å². The molecule has 0 aromatic carbocycles. The molecule has 0 saturated heterocycles. The topological polar surface area (TPSA) is 111 Å². The largest absolute Gasteiger partial charge is 0.545 e. The highest BCUT2D eigenvalue weighted by Gasteiger charge is 2.22.